The predicted molar refractivity (Wildman–Crippen MR) is 171 cm³/mol. The molecule has 0 unspecified atom stereocenters. The van der Waals surface area contributed by atoms with E-state index in [2.05, 4.69) is 10.6 Å². The average molecular weight is 705 g/mol. The summed E-state index contributed by atoms with van der Waals surface area (Å²) >= 11 is 0. The van der Waals surface area contributed by atoms with Crippen LogP contribution in [-0.2, 0) is 66.8 Å². The molecular formula is C31H52N4O14. The summed E-state index contributed by atoms with van der Waals surface area (Å²) in [5.74, 6) is -2.79. The lowest BCUT2D eigenvalue weighted by atomic mass is 10.2. The van der Waals surface area contributed by atoms with E-state index in [1.165, 1.54) is 27.7 Å². The van der Waals surface area contributed by atoms with Crippen LogP contribution in [0.25, 0.3) is 0 Å². The molecule has 0 fully saturated rings. The van der Waals surface area contributed by atoms with E-state index in [9.17, 15) is 38.4 Å². The van der Waals surface area contributed by atoms with Gasteiger partial charge < -0.3 is 39.1 Å². The van der Waals surface area contributed by atoms with Crippen LogP contribution < -0.4 is 10.6 Å². The molecule has 0 bridgehead atoms. The van der Waals surface area contributed by atoms with Crippen molar-refractivity contribution in [1.82, 2.24) is 20.4 Å². The Morgan fingerprint density at radius 2 is 0.837 bits per heavy atom. The molecule has 0 aliphatic carbocycles. The van der Waals surface area contributed by atoms with Gasteiger partial charge in [0.15, 0.2) is 0 Å². The van der Waals surface area contributed by atoms with E-state index in [-0.39, 0.29) is 128 Å². The molecule has 0 radical (unpaired) electrons. The number of nitrogens with zero attached hydrogens (tertiary/aromatic N) is 2. The Hall–Kier alpha value is -4.00. The molecule has 18 heteroatoms. The number of esters is 4. The number of ketones is 2. The van der Waals surface area contributed by atoms with Gasteiger partial charge in [0.05, 0.1) is 26.3 Å². The fraction of sp³-hybridized carbons (Fsp3) is 0.742. The van der Waals surface area contributed by atoms with Gasteiger partial charge >= 0.3 is 23.9 Å². The summed E-state index contributed by atoms with van der Waals surface area (Å²) < 4.78 is 30.3. The first-order valence-electron chi connectivity index (χ1n) is 16.0. The molecule has 0 heterocycles. The first kappa shape index (κ1) is 45.0. The van der Waals surface area contributed by atoms with E-state index in [0.717, 1.165) is 0 Å². The molecule has 0 saturated carbocycles. The first-order valence-corrected chi connectivity index (χ1v) is 16.0. The van der Waals surface area contributed by atoms with E-state index in [1.807, 2.05) is 0 Å². The highest BCUT2D eigenvalue weighted by Crippen LogP contribution is 1.97. The third-order valence-electron chi connectivity index (χ3n) is 6.04. The van der Waals surface area contributed by atoms with Crippen LogP contribution in [0.5, 0.6) is 0 Å². The van der Waals surface area contributed by atoms with Gasteiger partial charge in [-0.1, -0.05) is 0 Å². The standard InChI is InChI=1S/C31H52N4O14/c1-24(36)20-34(10-16-46-26(3)38)12-18-48-30(42)22-44-14-8-32-28(40)6-5-7-29(41)33-9-15-45-23-31(43)49-19-13-35(21-25(2)37)11-17-47-27(4)39/h5-23H2,1-4H3,(H,32,40)(H,33,41). The molecular weight excluding hydrogens is 652 g/mol. The molecule has 2 amide bonds. The minimum atomic E-state index is -0.607. The normalized spacial score (nSPS) is 10.7. The highest BCUT2D eigenvalue weighted by Gasteiger charge is 2.12. The van der Waals surface area contributed by atoms with Crippen LogP contribution in [-0.4, -0.2) is 162 Å². The fourth-order valence-electron chi connectivity index (χ4n) is 3.89. The Morgan fingerprint density at radius 1 is 0.490 bits per heavy atom. The van der Waals surface area contributed by atoms with Gasteiger partial charge in [0.2, 0.25) is 11.8 Å². The van der Waals surface area contributed by atoms with E-state index in [0.29, 0.717) is 19.5 Å². The Bertz CT molecular complexity index is 975. The van der Waals surface area contributed by atoms with Crippen LogP contribution in [0.4, 0.5) is 0 Å². The van der Waals surface area contributed by atoms with Gasteiger partial charge in [-0.3, -0.25) is 38.6 Å². The van der Waals surface area contributed by atoms with Crippen LogP contribution in [0.1, 0.15) is 47.0 Å². The third kappa shape index (κ3) is 31.0. The van der Waals surface area contributed by atoms with Crippen LogP contribution in [0, 0.1) is 0 Å². The molecule has 0 aliphatic rings. The molecule has 0 spiro atoms. The summed E-state index contributed by atoms with van der Waals surface area (Å²) in [6.45, 7) is 7.00. The zero-order valence-electron chi connectivity index (χ0n) is 29.0. The maximum absolute atomic E-state index is 12.0. The zero-order chi connectivity index (χ0) is 36.9. The van der Waals surface area contributed by atoms with Crippen LogP contribution in [0.15, 0.2) is 0 Å². The number of carbonyl (C=O) groups is 8. The second kappa shape index (κ2) is 29.0. The lowest BCUT2D eigenvalue weighted by Gasteiger charge is -2.20. The van der Waals surface area contributed by atoms with Gasteiger partial charge in [0, 0.05) is 66.0 Å². The predicted octanol–water partition coefficient (Wildman–Crippen LogP) is -1.58. The molecule has 0 aromatic rings. The quantitative estimate of drug-likeness (QED) is 0.0489. The van der Waals surface area contributed by atoms with Gasteiger partial charge in [-0.15, -0.1) is 0 Å². The minimum Gasteiger partial charge on any atom is -0.465 e. The molecule has 0 aromatic heterocycles. The van der Waals surface area contributed by atoms with Crippen LogP contribution in [0.2, 0.25) is 0 Å². The van der Waals surface area contributed by atoms with Gasteiger partial charge in [0.1, 0.15) is 51.2 Å². The monoisotopic (exact) mass is 704 g/mol. The van der Waals surface area contributed by atoms with Crippen molar-refractivity contribution >= 4 is 47.3 Å². The van der Waals surface area contributed by atoms with Gasteiger partial charge in [-0.05, 0) is 20.3 Å². The number of carbonyl (C=O) groups excluding carboxylic acids is 8. The van der Waals surface area contributed by atoms with Crippen molar-refractivity contribution in [3.8, 4) is 0 Å². The van der Waals surface area contributed by atoms with Crippen LogP contribution >= 0.6 is 0 Å². The molecule has 0 aromatic carbocycles. The smallest absolute Gasteiger partial charge is 0.332 e. The number of nitrogens with one attached hydrogen (secondary N) is 2. The summed E-state index contributed by atoms with van der Waals surface area (Å²) in [6, 6.07) is 0. The van der Waals surface area contributed by atoms with Crippen molar-refractivity contribution in [2.75, 3.05) is 105 Å². The number of rotatable bonds is 30. The molecule has 0 aliphatic heterocycles. The van der Waals surface area contributed by atoms with E-state index < -0.39 is 23.9 Å². The molecule has 18 nitrogen and oxygen atoms in total. The summed E-state index contributed by atoms with van der Waals surface area (Å²) in [5.41, 5.74) is 0. The van der Waals surface area contributed by atoms with Gasteiger partial charge in [0.25, 0.3) is 0 Å². The highest BCUT2D eigenvalue weighted by molar-refractivity contribution is 5.79. The maximum Gasteiger partial charge on any atom is 0.332 e. The number of hydrogen-bond acceptors (Lipinski definition) is 16. The van der Waals surface area contributed by atoms with Gasteiger partial charge in [-0.2, -0.15) is 0 Å². The van der Waals surface area contributed by atoms with Crippen molar-refractivity contribution in [2.24, 2.45) is 0 Å². The van der Waals surface area contributed by atoms with E-state index in [1.54, 1.807) is 9.80 Å². The first-order chi connectivity index (χ1) is 23.3. The molecule has 0 rings (SSSR count). The van der Waals surface area contributed by atoms with E-state index in [4.69, 9.17) is 28.4 Å². The lowest BCUT2D eigenvalue weighted by Crippen LogP contribution is -2.35. The zero-order valence-corrected chi connectivity index (χ0v) is 29.0. The number of Topliss-reactive ketones (excluding diaryl/α,β-unsaturated/α-hetero) is 2. The van der Waals surface area contributed by atoms with Crippen molar-refractivity contribution < 1.29 is 66.8 Å². The number of hydrogen-bond donors (Lipinski definition) is 2. The third-order valence-corrected chi connectivity index (χ3v) is 6.04. The Morgan fingerprint density at radius 3 is 1.16 bits per heavy atom. The maximum atomic E-state index is 12.0. The van der Waals surface area contributed by atoms with Crippen molar-refractivity contribution in [2.45, 2.75) is 47.0 Å². The highest BCUT2D eigenvalue weighted by atomic mass is 16.6. The largest absolute Gasteiger partial charge is 0.465 e. The molecule has 0 atom stereocenters. The molecule has 0 saturated heterocycles. The molecule has 49 heavy (non-hydrogen) atoms. The van der Waals surface area contributed by atoms with Crippen molar-refractivity contribution in [3.05, 3.63) is 0 Å². The number of amides is 2. The summed E-state index contributed by atoms with van der Waals surface area (Å²) in [6.07, 6.45) is 0.528. The minimum absolute atomic E-state index is 0.0222. The van der Waals surface area contributed by atoms with Crippen molar-refractivity contribution in [1.29, 1.82) is 0 Å². The average Bonchev–Trinajstić information content (AvgIpc) is 2.99. The second-order valence-corrected chi connectivity index (χ2v) is 10.7. The number of ether oxygens (including phenoxy) is 6. The summed E-state index contributed by atoms with van der Waals surface area (Å²) in [7, 11) is 0. The topological polar surface area (TPSA) is 222 Å². The molecule has 2 N–H and O–H groups in total. The molecule has 280 valence electrons. The second-order valence-electron chi connectivity index (χ2n) is 10.7. The van der Waals surface area contributed by atoms with Gasteiger partial charge in [-0.25, -0.2) is 9.59 Å². The Labute approximate surface area is 286 Å². The van der Waals surface area contributed by atoms with E-state index >= 15 is 0 Å². The lowest BCUT2D eigenvalue weighted by molar-refractivity contribution is -0.150. The van der Waals surface area contributed by atoms with Crippen LogP contribution in [0.3, 0.4) is 0 Å². The summed E-state index contributed by atoms with van der Waals surface area (Å²) in [4.78, 5) is 95.6. The Kier molecular flexibility index (Phi) is 26.6. The fourth-order valence-corrected chi connectivity index (χ4v) is 3.89. The summed E-state index contributed by atoms with van der Waals surface area (Å²) in [5, 5.41) is 5.25. The van der Waals surface area contributed by atoms with Crippen molar-refractivity contribution in [3.63, 3.8) is 0 Å². The Balaban J connectivity index is 3.86. The SMILES string of the molecule is CC(=O)CN(CCOC(C)=O)CCOC(=O)COCCNC(=O)CCCC(=O)NCCOCC(=O)OCCN(CCOC(C)=O)CC(C)=O.